The number of rotatable bonds is 3. The Hall–Kier alpha value is -1.11. The second-order valence-corrected chi connectivity index (χ2v) is 6.47. The van der Waals surface area contributed by atoms with Crippen molar-refractivity contribution in [1.82, 2.24) is 4.31 Å². The van der Waals surface area contributed by atoms with Crippen molar-refractivity contribution in [2.45, 2.75) is 24.3 Å². The van der Waals surface area contributed by atoms with Crippen LogP contribution in [0.25, 0.3) is 0 Å². The maximum absolute atomic E-state index is 12.5. The molecule has 0 aromatic heterocycles. The standard InChI is InChI=1S/C12H18N2O3S/c1-9-11(13)4-3-5-12(9)18(15,16)14(2)10-6-7-17-8-10/h3-5,10H,6-8,13H2,1-2H3. The average molecular weight is 270 g/mol. The summed E-state index contributed by atoms with van der Waals surface area (Å²) in [4.78, 5) is 0.275. The van der Waals surface area contributed by atoms with E-state index in [1.165, 1.54) is 4.31 Å². The Morgan fingerprint density at radius 2 is 2.17 bits per heavy atom. The second-order valence-electron chi connectivity index (χ2n) is 4.51. The van der Waals surface area contributed by atoms with E-state index in [1.54, 1.807) is 32.2 Å². The fraction of sp³-hybridized carbons (Fsp3) is 0.500. The Bertz CT molecular complexity index is 536. The predicted molar refractivity (Wildman–Crippen MR) is 69.8 cm³/mol. The fourth-order valence-electron chi connectivity index (χ4n) is 2.07. The third-order valence-corrected chi connectivity index (χ3v) is 5.46. The summed E-state index contributed by atoms with van der Waals surface area (Å²) >= 11 is 0. The highest BCUT2D eigenvalue weighted by Gasteiger charge is 2.31. The third-order valence-electron chi connectivity index (χ3n) is 3.40. The van der Waals surface area contributed by atoms with Crippen LogP contribution in [0.3, 0.4) is 0 Å². The highest BCUT2D eigenvalue weighted by atomic mass is 32.2. The van der Waals surface area contributed by atoms with Gasteiger partial charge in [0.05, 0.1) is 17.5 Å². The molecule has 0 radical (unpaired) electrons. The number of sulfonamides is 1. The lowest BCUT2D eigenvalue weighted by molar-refractivity contribution is 0.181. The Labute approximate surface area is 108 Å². The number of ether oxygens (including phenoxy) is 1. The molecule has 1 aliphatic rings. The van der Waals surface area contributed by atoms with Crippen LogP contribution >= 0.6 is 0 Å². The van der Waals surface area contributed by atoms with Gasteiger partial charge in [0.15, 0.2) is 0 Å². The molecule has 0 amide bonds. The Balaban J connectivity index is 2.38. The van der Waals surface area contributed by atoms with Crippen LogP contribution < -0.4 is 5.73 Å². The molecular formula is C12H18N2O3S. The fourth-order valence-corrected chi connectivity index (χ4v) is 3.70. The summed E-state index contributed by atoms with van der Waals surface area (Å²) < 4.78 is 31.6. The molecule has 0 spiro atoms. The van der Waals surface area contributed by atoms with Crippen molar-refractivity contribution in [2.24, 2.45) is 0 Å². The molecule has 18 heavy (non-hydrogen) atoms. The van der Waals surface area contributed by atoms with Crippen molar-refractivity contribution < 1.29 is 13.2 Å². The van der Waals surface area contributed by atoms with Crippen molar-refractivity contribution in [1.29, 1.82) is 0 Å². The number of nitrogen functional groups attached to an aromatic ring is 1. The molecule has 1 aliphatic heterocycles. The molecule has 2 rings (SSSR count). The summed E-state index contributed by atoms with van der Waals surface area (Å²) in [6, 6.07) is 4.87. The molecular weight excluding hydrogens is 252 g/mol. The Morgan fingerprint density at radius 1 is 1.44 bits per heavy atom. The van der Waals surface area contributed by atoms with Crippen molar-refractivity contribution in [3.8, 4) is 0 Å². The average Bonchev–Trinajstić information content (AvgIpc) is 2.85. The first-order chi connectivity index (χ1) is 8.44. The number of anilines is 1. The van der Waals surface area contributed by atoms with Crippen LogP contribution in [0, 0.1) is 6.92 Å². The molecule has 0 bridgehead atoms. The lowest BCUT2D eigenvalue weighted by Crippen LogP contribution is -2.37. The van der Waals surface area contributed by atoms with Crippen molar-refractivity contribution >= 4 is 15.7 Å². The van der Waals surface area contributed by atoms with E-state index in [1.807, 2.05) is 0 Å². The molecule has 1 heterocycles. The van der Waals surface area contributed by atoms with Crippen LogP contribution in [-0.4, -0.2) is 39.0 Å². The lowest BCUT2D eigenvalue weighted by Gasteiger charge is -2.23. The molecule has 2 N–H and O–H groups in total. The zero-order valence-electron chi connectivity index (χ0n) is 10.6. The molecule has 1 unspecified atom stereocenters. The number of nitrogens with two attached hydrogens (primary N) is 1. The Morgan fingerprint density at radius 3 is 2.78 bits per heavy atom. The summed E-state index contributed by atoms with van der Waals surface area (Å²) in [5.41, 5.74) is 6.86. The highest BCUT2D eigenvalue weighted by Crippen LogP contribution is 2.26. The van der Waals surface area contributed by atoms with E-state index in [-0.39, 0.29) is 10.9 Å². The van der Waals surface area contributed by atoms with Gasteiger partial charge in [-0.2, -0.15) is 4.31 Å². The van der Waals surface area contributed by atoms with Gasteiger partial charge < -0.3 is 10.5 Å². The molecule has 1 saturated heterocycles. The van der Waals surface area contributed by atoms with E-state index in [4.69, 9.17) is 10.5 Å². The monoisotopic (exact) mass is 270 g/mol. The number of hydrogen-bond acceptors (Lipinski definition) is 4. The highest BCUT2D eigenvalue weighted by molar-refractivity contribution is 7.89. The van der Waals surface area contributed by atoms with Crippen LogP contribution in [0.15, 0.2) is 23.1 Å². The van der Waals surface area contributed by atoms with Crippen molar-refractivity contribution in [2.75, 3.05) is 26.0 Å². The molecule has 0 aliphatic carbocycles. The molecule has 6 heteroatoms. The minimum Gasteiger partial charge on any atom is -0.398 e. The second kappa shape index (κ2) is 4.87. The van der Waals surface area contributed by atoms with Gasteiger partial charge >= 0.3 is 0 Å². The molecule has 1 aromatic carbocycles. The molecule has 1 fully saturated rings. The van der Waals surface area contributed by atoms with E-state index < -0.39 is 10.0 Å². The molecule has 100 valence electrons. The van der Waals surface area contributed by atoms with E-state index >= 15 is 0 Å². The first-order valence-electron chi connectivity index (χ1n) is 5.85. The largest absolute Gasteiger partial charge is 0.398 e. The topological polar surface area (TPSA) is 72.6 Å². The van der Waals surface area contributed by atoms with Crippen LogP contribution in [0.5, 0.6) is 0 Å². The van der Waals surface area contributed by atoms with Gasteiger partial charge in [0, 0.05) is 19.3 Å². The summed E-state index contributed by atoms with van der Waals surface area (Å²) in [5, 5.41) is 0. The smallest absolute Gasteiger partial charge is 0.243 e. The van der Waals surface area contributed by atoms with E-state index in [2.05, 4.69) is 0 Å². The molecule has 0 saturated carbocycles. The molecule has 1 aromatic rings. The summed E-state index contributed by atoms with van der Waals surface area (Å²) in [7, 11) is -1.91. The zero-order chi connectivity index (χ0) is 13.3. The van der Waals surface area contributed by atoms with Crippen LogP contribution in [-0.2, 0) is 14.8 Å². The van der Waals surface area contributed by atoms with E-state index in [9.17, 15) is 8.42 Å². The Kier molecular flexibility index (Phi) is 3.61. The maximum atomic E-state index is 12.5. The predicted octanol–water partition coefficient (Wildman–Crippen LogP) is 0.987. The summed E-state index contributed by atoms with van der Waals surface area (Å²) in [5.74, 6) is 0. The van der Waals surface area contributed by atoms with Crippen molar-refractivity contribution in [3.05, 3.63) is 23.8 Å². The van der Waals surface area contributed by atoms with Crippen LogP contribution in [0.1, 0.15) is 12.0 Å². The van der Waals surface area contributed by atoms with Gasteiger partial charge in [0.25, 0.3) is 0 Å². The SMILES string of the molecule is Cc1c(N)cccc1S(=O)(=O)N(C)C1CCOC1. The number of benzene rings is 1. The maximum Gasteiger partial charge on any atom is 0.243 e. The summed E-state index contributed by atoms with van der Waals surface area (Å²) in [6.45, 7) is 2.79. The van der Waals surface area contributed by atoms with E-state index in [0.717, 1.165) is 6.42 Å². The molecule has 5 nitrogen and oxygen atoms in total. The minimum absolute atomic E-state index is 0.0872. The van der Waals surface area contributed by atoms with Gasteiger partial charge in [0.2, 0.25) is 10.0 Å². The van der Waals surface area contributed by atoms with Crippen molar-refractivity contribution in [3.63, 3.8) is 0 Å². The van der Waals surface area contributed by atoms with Gasteiger partial charge in [-0.25, -0.2) is 8.42 Å². The first-order valence-corrected chi connectivity index (χ1v) is 7.29. The number of likely N-dealkylation sites (N-methyl/N-ethyl adjacent to an activating group) is 1. The lowest BCUT2D eigenvalue weighted by atomic mass is 10.2. The van der Waals surface area contributed by atoms with Gasteiger partial charge in [-0.15, -0.1) is 0 Å². The zero-order valence-corrected chi connectivity index (χ0v) is 11.4. The van der Waals surface area contributed by atoms with Gasteiger partial charge in [0.1, 0.15) is 0 Å². The molecule has 1 atom stereocenters. The quantitative estimate of drug-likeness (QED) is 0.831. The van der Waals surface area contributed by atoms with Gasteiger partial charge in [-0.1, -0.05) is 6.07 Å². The summed E-state index contributed by atoms with van der Waals surface area (Å²) in [6.07, 6.45) is 0.733. The number of nitrogens with zero attached hydrogens (tertiary/aromatic N) is 1. The van der Waals surface area contributed by atoms with Gasteiger partial charge in [-0.3, -0.25) is 0 Å². The van der Waals surface area contributed by atoms with Gasteiger partial charge in [-0.05, 0) is 31.0 Å². The first kappa shape index (κ1) is 13.3. The minimum atomic E-state index is -3.50. The van der Waals surface area contributed by atoms with Crippen LogP contribution in [0.4, 0.5) is 5.69 Å². The normalized spacial score (nSPS) is 20.5. The third kappa shape index (κ3) is 2.23. The van der Waals surface area contributed by atoms with E-state index in [0.29, 0.717) is 24.5 Å². The van der Waals surface area contributed by atoms with Crippen LogP contribution in [0.2, 0.25) is 0 Å². The number of hydrogen-bond donors (Lipinski definition) is 1.